The Morgan fingerprint density at radius 1 is 1.40 bits per heavy atom. The van der Waals surface area contributed by atoms with Gasteiger partial charge >= 0.3 is 5.97 Å². The molecule has 0 aliphatic rings. The maximum absolute atomic E-state index is 11.5. The molecular weight excluding hydrogens is 214 g/mol. The molecule has 0 saturated heterocycles. The molecule has 1 aromatic carbocycles. The van der Waals surface area contributed by atoms with Crippen LogP contribution in [0.4, 0.5) is 0 Å². The Labute approximate surface area is 94.2 Å². The summed E-state index contributed by atoms with van der Waals surface area (Å²) in [5.74, 6) is -0.460. The Balaban J connectivity index is 2.81. The van der Waals surface area contributed by atoms with E-state index in [9.17, 15) is 4.79 Å². The fraction of sp³-hybridized carbons (Fsp3) is 0.364. The summed E-state index contributed by atoms with van der Waals surface area (Å²) in [4.78, 5) is 11.5. The molecule has 0 aromatic heterocycles. The second-order valence-electron chi connectivity index (χ2n) is 3.48. The number of benzene rings is 1. The number of ether oxygens (including phenoxy) is 1. The van der Waals surface area contributed by atoms with Crippen LogP contribution >= 0.6 is 11.6 Å². The van der Waals surface area contributed by atoms with E-state index in [1.165, 1.54) is 0 Å². The normalized spacial score (nSPS) is 12.6. The number of rotatable bonds is 3. The van der Waals surface area contributed by atoms with E-state index in [2.05, 4.69) is 0 Å². The number of esters is 1. The van der Waals surface area contributed by atoms with Crippen molar-refractivity contribution >= 4 is 17.6 Å². The van der Waals surface area contributed by atoms with Crippen molar-refractivity contribution in [3.8, 4) is 0 Å². The van der Waals surface area contributed by atoms with Crippen LogP contribution in [0.5, 0.6) is 0 Å². The Kier molecular flexibility index (Phi) is 4.12. The summed E-state index contributed by atoms with van der Waals surface area (Å²) >= 11 is 5.91. The van der Waals surface area contributed by atoms with Crippen molar-refractivity contribution in [3.63, 3.8) is 0 Å². The number of hydrogen-bond donors (Lipinski definition) is 1. The molecule has 0 bridgehead atoms. The molecule has 15 heavy (non-hydrogen) atoms. The molecule has 0 amide bonds. The topological polar surface area (TPSA) is 52.3 Å². The van der Waals surface area contributed by atoms with Crippen LogP contribution < -0.4 is 5.73 Å². The monoisotopic (exact) mass is 227 g/mol. The van der Waals surface area contributed by atoms with E-state index >= 15 is 0 Å². The third kappa shape index (κ3) is 3.22. The highest BCUT2D eigenvalue weighted by Crippen LogP contribution is 2.21. The van der Waals surface area contributed by atoms with Crippen molar-refractivity contribution in [1.29, 1.82) is 0 Å². The molecule has 1 aromatic rings. The first-order chi connectivity index (χ1) is 7.02. The van der Waals surface area contributed by atoms with Gasteiger partial charge in [0.25, 0.3) is 0 Å². The van der Waals surface area contributed by atoms with Crippen LogP contribution in [0.3, 0.4) is 0 Å². The summed E-state index contributed by atoms with van der Waals surface area (Å²) in [6.07, 6.45) is -0.175. The molecule has 3 nitrogen and oxygen atoms in total. The number of nitrogens with two attached hydrogens (primary N) is 1. The van der Waals surface area contributed by atoms with Crippen molar-refractivity contribution in [2.75, 3.05) is 0 Å². The summed E-state index contributed by atoms with van der Waals surface area (Å²) in [5.41, 5.74) is 6.32. The highest BCUT2D eigenvalue weighted by molar-refractivity contribution is 6.31. The van der Waals surface area contributed by atoms with Gasteiger partial charge in [-0.05, 0) is 25.5 Å². The van der Waals surface area contributed by atoms with Crippen molar-refractivity contribution in [3.05, 3.63) is 34.9 Å². The van der Waals surface area contributed by atoms with Crippen LogP contribution in [0.2, 0.25) is 5.02 Å². The summed E-state index contributed by atoms with van der Waals surface area (Å²) in [7, 11) is 0. The summed E-state index contributed by atoms with van der Waals surface area (Å²) in [5, 5.41) is 0.478. The maximum Gasteiger partial charge on any atom is 0.327 e. The Morgan fingerprint density at radius 3 is 2.53 bits per heavy atom. The van der Waals surface area contributed by atoms with Gasteiger partial charge in [-0.15, -0.1) is 0 Å². The van der Waals surface area contributed by atoms with Crippen LogP contribution in [0.1, 0.15) is 25.5 Å². The molecule has 0 heterocycles. The van der Waals surface area contributed by atoms with E-state index in [-0.39, 0.29) is 6.10 Å². The number of carbonyl (C=O) groups is 1. The Bertz CT molecular complexity index is 352. The van der Waals surface area contributed by atoms with Crippen LogP contribution in [0.15, 0.2) is 24.3 Å². The van der Waals surface area contributed by atoms with Gasteiger partial charge in [-0.2, -0.15) is 0 Å². The molecule has 2 N–H and O–H groups in total. The zero-order valence-electron chi connectivity index (χ0n) is 8.74. The molecule has 82 valence electrons. The van der Waals surface area contributed by atoms with Gasteiger partial charge in [0.15, 0.2) is 0 Å². The smallest absolute Gasteiger partial charge is 0.327 e. The molecule has 0 fully saturated rings. The number of halogens is 1. The molecule has 1 atom stereocenters. The average Bonchev–Trinajstić information content (AvgIpc) is 2.16. The lowest BCUT2D eigenvalue weighted by Gasteiger charge is -2.14. The van der Waals surface area contributed by atoms with Crippen molar-refractivity contribution < 1.29 is 9.53 Å². The molecule has 0 saturated carbocycles. The first-order valence-electron chi connectivity index (χ1n) is 4.73. The predicted octanol–water partition coefficient (Wildman–Crippen LogP) is 2.29. The van der Waals surface area contributed by atoms with Gasteiger partial charge in [-0.25, -0.2) is 4.79 Å². The van der Waals surface area contributed by atoms with E-state index in [1.807, 2.05) is 0 Å². The second kappa shape index (κ2) is 5.14. The summed E-state index contributed by atoms with van der Waals surface area (Å²) in [6, 6.07) is 6.16. The fourth-order valence-electron chi connectivity index (χ4n) is 1.16. The van der Waals surface area contributed by atoms with Crippen molar-refractivity contribution in [2.24, 2.45) is 5.73 Å². The predicted molar refractivity (Wildman–Crippen MR) is 59.6 cm³/mol. The molecule has 0 aliphatic heterocycles. The van der Waals surface area contributed by atoms with E-state index in [4.69, 9.17) is 22.1 Å². The largest absolute Gasteiger partial charge is 0.462 e. The number of carbonyl (C=O) groups excluding carboxylic acids is 1. The maximum atomic E-state index is 11.5. The SMILES string of the molecule is CC(C)OC(=O)C(N)c1ccccc1Cl. The highest BCUT2D eigenvalue weighted by Gasteiger charge is 2.20. The molecule has 0 spiro atoms. The van der Waals surface area contributed by atoms with E-state index in [1.54, 1.807) is 38.1 Å². The van der Waals surface area contributed by atoms with Crippen LogP contribution in [-0.2, 0) is 9.53 Å². The van der Waals surface area contributed by atoms with Gasteiger partial charge in [0.1, 0.15) is 6.04 Å². The van der Waals surface area contributed by atoms with E-state index in [0.29, 0.717) is 10.6 Å². The first kappa shape index (κ1) is 12.0. The first-order valence-corrected chi connectivity index (χ1v) is 5.10. The fourth-order valence-corrected chi connectivity index (χ4v) is 1.41. The third-order valence-corrected chi connectivity index (χ3v) is 2.19. The van der Waals surface area contributed by atoms with Crippen LogP contribution in [0.25, 0.3) is 0 Å². The van der Waals surface area contributed by atoms with Crippen LogP contribution in [-0.4, -0.2) is 12.1 Å². The minimum absolute atomic E-state index is 0.175. The summed E-state index contributed by atoms with van der Waals surface area (Å²) < 4.78 is 5.00. The molecular formula is C11H14ClNO2. The standard InChI is InChI=1S/C11H14ClNO2/c1-7(2)15-11(14)10(13)8-5-3-4-6-9(8)12/h3-7,10H,13H2,1-2H3. The average molecular weight is 228 g/mol. The third-order valence-electron chi connectivity index (χ3n) is 1.85. The van der Waals surface area contributed by atoms with Gasteiger partial charge in [-0.1, -0.05) is 29.8 Å². The Hall–Kier alpha value is -1.06. The van der Waals surface area contributed by atoms with Gasteiger partial charge < -0.3 is 10.5 Å². The lowest BCUT2D eigenvalue weighted by atomic mass is 10.1. The summed E-state index contributed by atoms with van der Waals surface area (Å²) in [6.45, 7) is 3.55. The molecule has 4 heteroatoms. The zero-order valence-corrected chi connectivity index (χ0v) is 9.49. The van der Waals surface area contributed by atoms with Gasteiger partial charge in [0.2, 0.25) is 0 Å². The zero-order chi connectivity index (χ0) is 11.4. The lowest BCUT2D eigenvalue weighted by Crippen LogP contribution is -2.26. The quantitative estimate of drug-likeness (QED) is 0.807. The van der Waals surface area contributed by atoms with Gasteiger partial charge in [0, 0.05) is 5.02 Å². The second-order valence-corrected chi connectivity index (χ2v) is 3.89. The van der Waals surface area contributed by atoms with Crippen molar-refractivity contribution in [1.82, 2.24) is 0 Å². The van der Waals surface area contributed by atoms with Crippen LogP contribution in [0, 0.1) is 0 Å². The van der Waals surface area contributed by atoms with Crippen molar-refractivity contribution in [2.45, 2.75) is 26.0 Å². The molecule has 0 aliphatic carbocycles. The highest BCUT2D eigenvalue weighted by atomic mass is 35.5. The minimum atomic E-state index is -0.818. The van der Waals surface area contributed by atoms with E-state index in [0.717, 1.165) is 0 Å². The van der Waals surface area contributed by atoms with E-state index < -0.39 is 12.0 Å². The molecule has 1 rings (SSSR count). The van der Waals surface area contributed by atoms with Gasteiger partial charge in [0.05, 0.1) is 6.10 Å². The molecule has 0 radical (unpaired) electrons. The van der Waals surface area contributed by atoms with Gasteiger partial charge in [-0.3, -0.25) is 0 Å². The Morgan fingerprint density at radius 2 is 2.00 bits per heavy atom. The number of hydrogen-bond acceptors (Lipinski definition) is 3. The molecule has 1 unspecified atom stereocenters. The minimum Gasteiger partial charge on any atom is -0.462 e. The lowest BCUT2D eigenvalue weighted by molar-refractivity contribution is -0.149.